The van der Waals surface area contributed by atoms with Crippen LogP contribution in [0.3, 0.4) is 0 Å². The lowest BCUT2D eigenvalue weighted by molar-refractivity contribution is -0.161. The first-order valence-electron chi connectivity index (χ1n) is 38.7. The lowest BCUT2D eigenvalue weighted by Gasteiger charge is -2.15. The average molecular weight is 1170 g/mol. The quantitative estimate of drug-likeness (QED) is 0.0373. The van der Waals surface area contributed by atoms with Crippen molar-refractivity contribution in [1.29, 1.82) is 0 Å². The number of allylic oxidation sites excluding steroid dienone is 2. The number of ether oxygens (including phenoxy) is 2. The maximum atomic E-state index is 12.4. The third-order valence-corrected chi connectivity index (χ3v) is 18.3. The summed E-state index contributed by atoms with van der Waals surface area (Å²) in [5.74, 6) is -0.558. The van der Waals surface area contributed by atoms with E-state index >= 15 is 0 Å². The van der Waals surface area contributed by atoms with Crippen LogP contribution in [0.5, 0.6) is 0 Å². The number of aliphatic hydroxyl groups excluding tert-OH is 1. The predicted molar refractivity (Wildman–Crippen MR) is 367 cm³/mol. The molecule has 0 aromatic rings. The van der Waals surface area contributed by atoms with Crippen molar-refractivity contribution in [3.8, 4) is 0 Å². The minimum Gasteiger partial charge on any atom is -0.462 e. The zero-order chi connectivity index (χ0) is 59.8. The number of carbonyl (C=O) groups is 2. The summed E-state index contributed by atoms with van der Waals surface area (Å²) < 4.78 is 10.8. The van der Waals surface area contributed by atoms with Gasteiger partial charge in [-0.2, -0.15) is 0 Å². The first-order chi connectivity index (χ1) is 41.1. The Balaban J connectivity index is 3.33. The fraction of sp³-hybridized carbons (Fsp3) is 0.949. The second-order valence-electron chi connectivity index (χ2n) is 26.8. The highest BCUT2D eigenvalue weighted by molar-refractivity contribution is 5.70. The van der Waals surface area contributed by atoms with Gasteiger partial charge in [-0.05, 0) is 38.5 Å². The van der Waals surface area contributed by atoms with Crippen molar-refractivity contribution in [1.82, 2.24) is 0 Å². The van der Waals surface area contributed by atoms with E-state index in [9.17, 15) is 14.7 Å². The highest BCUT2D eigenvalue weighted by Gasteiger charge is 2.16. The van der Waals surface area contributed by atoms with E-state index in [1.807, 2.05) is 0 Å². The minimum absolute atomic E-state index is 0.0559. The van der Waals surface area contributed by atoms with Gasteiger partial charge in [0.1, 0.15) is 6.61 Å². The SMILES string of the molecule is CCCCCCCCCC/C=C\CCCCCCCCCCCCCCCCCCCCCCCCCCCCCCCC(=O)OC(CO)COC(=O)CCCCCCCCCCCCCCCCCCCCCCCCCCCCCC. The van der Waals surface area contributed by atoms with Gasteiger partial charge in [-0.15, -0.1) is 0 Å². The summed E-state index contributed by atoms with van der Waals surface area (Å²) in [5.41, 5.74) is 0. The molecule has 0 saturated carbocycles. The fourth-order valence-corrected chi connectivity index (χ4v) is 12.5. The number of rotatable bonds is 74. The van der Waals surface area contributed by atoms with Crippen molar-refractivity contribution >= 4 is 11.9 Å². The first kappa shape index (κ1) is 81.6. The number of aliphatic hydroxyl groups is 1. The molecular weight excluding hydrogens is 1020 g/mol. The third kappa shape index (κ3) is 73.0. The average Bonchev–Trinajstić information content (AvgIpc) is 3.49. The van der Waals surface area contributed by atoms with Crippen molar-refractivity contribution in [2.24, 2.45) is 0 Å². The summed E-state index contributed by atoms with van der Waals surface area (Å²) in [7, 11) is 0. The normalized spacial score (nSPS) is 12.1. The topological polar surface area (TPSA) is 72.8 Å². The molecule has 0 radical (unpaired) electrons. The molecule has 0 saturated heterocycles. The summed E-state index contributed by atoms with van der Waals surface area (Å²) in [6, 6.07) is 0. The molecule has 1 atom stereocenters. The van der Waals surface area contributed by atoms with E-state index in [2.05, 4.69) is 26.0 Å². The smallest absolute Gasteiger partial charge is 0.306 e. The van der Waals surface area contributed by atoms with Crippen molar-refractivity contribution in [3.05, 3.63) is 12.2 Å². The largest absolute Gasteiger partial charge is 0.462 e. The van der Waals surface area contributed by atoms with E-state index in [1.54, 1.807) is 0 Å². The Kier molecular flexibility index (Phi) is 73.7. The lowest BCUT2D eigenvalue weighted by atomic mass is 10.0. The molecule has 5 heteroatoms. The van der Waals surface area contributed by atoms with E-state index in [1.165, 1.54) is 398 Å². The highest BCUT2D eigenvalue weighted by atomic mass is 16.6. The van der Waals surface area contributed by atoms with Crippen LogP contribution in [0.4, 0.5) is 0 Å². The van der Waals surface area contributed by atoms with Crippen molar-refractivity contribution in [2.75, 3.05) is 13.2 Å². The second kappa shape index (κ2) is 74.9. The van der Waals surface area contributed by atoms with E-state index in [-0.39, 0.29) is 25.2 Å². The Morgan fingerprint density at radius 1 is 0.265 bits per heavy atom. The Morgan fingerprint density at radius 2 is 0.446 bits per heavy atom. The Hall–Kier alpha value is -1.36. The van der Waals surface area contributed by atoms with Gasteiger partial charge in [0.05, 0.1) is 6.61 Å². The van der Waals surface area contributed by atoms with Gasteiger partial charge in [-0.3, -0.25) is 9.59 Å². The van der Waals surface area contributed by atoms with Crippen LogP contribution in [-0.2, 0) is 19.1 Å². The molecule has 0 aromatic carbocycles. The Labute approximate surface area is 521 Å². The van der Waals surface area contributed by atoms with Gasteiger partial charge in [-0.1, -0.05) is 418 Å². The van der Waals surface area contributed by atoms with Gasteiger partial charge < -0.3 is 14.6 Å². The fourth-order valence-electron chi connectivity index (χ4n) is 12.5. The molecule has 0 aliphatic heterocycles. The van der Waals surface area contributed by atoms with Crippen LogP contribution in [0.2, 0.25) is 0 Å². The number of unbranched alkanes of at least 4 members (excludes halogenated alkanes) is 64. The predicted octanol–water partition coefficient (Wildman–Crippen LogP) is 26.9. The van der Waals surface area contributed by atoms with Crippen LogP contribution >= 0.6 is 0 Å². The van der Waals surface area contributed by atoms with Crippen LogP contribution in [-0.4, -0.2) is 36.4 Å². The summed E-state index contributed by atoms with van der Waals surface area (Å²) in [6.45, 7) is 4.22. The maximum absolute atomic E-state index is 12.4. The van der Waals surface area contributed by atoms with Crippen LogP contribution in [0.15, 0.2) is 12.2 Å². The standard InChI is InChI=1S/C78H152O5/c1-3-5-7-9-11-13-15-17-19-21-23-25-27-29-31-33-34-35-36-37-38-39-40-41-42-43-44-45-47-49-51-53-55-57-59-61-63-65-67-69-71-73-78(81)83-76(74-79)75-82-77(80)72-70-68-66-64-62-60-58-56-54-52-50-48-46-32-30-28-26-24-22-20-18-16-14-12-10-8-6-4-2/h21,23,76,79H,3-20,22,24-75H2,1-2H3/b23-21-. The molecule has 0 heterocycles. The molecule has 83 heavy (non-hydrogen) atoms. The molecule has 0 amide bonds. The molecule has 1 unspecified atom stereocenters. The van der Waals surface area contributed by atoms with Gasteiger partial charge in [0.2, 0.25) is 0 Å². The van der Waals surface area contributed by atoms with Gasteiger partial charge in [0.25, 0.3) is 0 Å². The van der Waals surface area contributed by atoms with Crippen LogP contribution in [0.25, 0.3) is 0 Å². The monoisotopic (exact) mass is 1170 g/mol. The van der Waals surface area contributed by atoms with E-state index < -0.39 is 6.10 Å². The van der Waals surface area contributed by atoms with Crippen molar-refractivity contribution in [2.45, 2.75) is 463 Å². The number of carbonyl (C=O) groups excluding carboxylic acids is 2. The molecule has 0 fully saturated rings. The van der Waals surface area contributed by atoms with Gasteiger partial charge in [-0.25, -0.2) is 0 Å². The highest BCUT2D eigenvalue weighted by Crippen LogP contribution is 2.20. The molecule has 0 aliphatic rings. The Bertz CT molecular complexity index is 1230. The summed E-state index contributed by atoms with van der Waals surface area (Å²) in [5, 5.41) is 9.72. The molecule has 0 bridgehead atoms. The minimum atomic E-state index is -0.767. The summed E-state index contributed by atoms with van der Waals surface area (Å²) in [4.78, 5) is 24.7. The molecule has 0 aliphatic carbocycles. The van der Waals surface area contributed by atoms with Gasteiger partial charge >= 0.3 is 11.9 Å². The Morgan fingerprint density at radius 3 is 0.651 bits per heavy atom. The summed E-state index contributed by atoms with van der Waals surface area (Å²) in [6.07, 6.45) is 97.3. The third-order valence-electron chi connectivity index (χ3n) is 18.3. The number of hydrogen-bond acceptors (Lipinski definition) is 5. The second-order valence-corrected chi connectivity index (χ2v) is 26.8. The van der Waals surface area contributed by atoms with E-state index in [0.717, 1.165) is 32.1 Å². The molecule has 0 aromatic heterocycles. The zero-order valence-corrected chi connectivity index (χ0v) is 57.0. The number of esters is 2. The van der Waals surface area contributed by atoms with Crippen LogP contribution in [0, 0.1) is 0 Å². The summed E-state index contributed by atoms with van der Waals surface area (Å²) >= 11 is 0. The van der Waals surface area contributed by atoms with E-state index in [0.29, 0.717) is 12.8 Å². The molecule has 494 valence electrons. The first-order valence-corrected chi connectivity index (χ1v) is 38.7. The maximum Gasteiger partial charge on any atom is 0.306 e. The number of hydrogen-bond donors (Lipinski definition) is 1. The van der Waals surface area contributed by atoms with Gasteiger partial charge in [0.15, 0.2) is 6.10 Å². The van der Waals surface area contributed by atoms with Crippen molar-refractivity contribution < 1.29 is 24.2 Å². The van der Waals surface area contributed by atoms with Crippen LogP contribution < -0.4 is 0 Å². The molecule has 1 N–H and O–H groups in total. The van der Waals surface area contributed by atoms with Gasteiger partial charge in [0, 0.05) is 12.8 Å². The van der Waals surface area contributed by atoms with Crippen molar-refractivity contribution in [3.63, 3.8) is 0 Å². The molecular formula is C78H152O5. The molecule has 5 nitrogen and oxygen atoms in total. The van der Waals surface area contributed by atoms with E-state index in [4.69, 9.17) is 9.47 Å². The zero-order valence-electron chi connectivity index (χ0n) is 57.0. The molecule has 0 rings (SSSR count). The molecule has 0 spiro atoms. The van der Waals surface area contributed by atoms with Crippen LogP contribution in [0.1, 0.15) is 457 Å². The lowest BCUT2D eigenvalue weighted by Crippen LogP contribution is -2.28.